The van der Waals surface area contributed by atoms with Gasteiger partial charge in [-0.25, -0.2) is 0 Å². The molecule has 6 heteroatoms. The minimum atomic E-state index is -0.171. The number of hydrogen-bond donors (Lipinski definition) is 2. The van der Waals surface area contributed by atoms with Crippen molar-refractivity contribution in [2.24, 2.45) is 0 Å². The maximum atomic E-state index is 12.2. The Labute approximate surface area is 127 Å². The molecule has 1 aliphatic rings. The van der Waals surface area contributed by atoms with Gasteiger partial charge in [0.15, 0.2) is 0 Å². The van der Waals surface area contributed by atoms with Crippen molar-refractivity contribution in [3.63, 3.8) is 0 Å². The number of nitrogens with zero attached hydrogens (tertiary/aromatic N) is 3. The van der Waals surface area contributed by atoms with Crippen LogP contribution in [0.5, 0.6) is 0 Å². The fraction of sp³-hybridized carbons (Fsp3) is 0.733. The largest absolute Gasteiger partial charge is 0.390 e. The van der Waals surface area contributed by atoms with Gasteiger partial charge in [0, 0.05) is 38.9 Å². The number of nitrogens with one attached hydrogen (secondary N) is 2. The van der Waals surface area contributed by atoms with Crippen LogP contribution in [0.15, 0.2) is 11.8 Å². The van der Waals surface area contributed by atoms with Gasteiger partial charge in [-0.1, -0.05) is 13.8 Å². The number of nitriles is 1. The third-order valence-electron chi connectivity index (χ3n) is 3.69. The van der Waals surface area contributed by atoms with Crippen LogP contribution < -0.4 is 10.6 Å². The van der Waals surface area contributed by atoms with E-state index in [1.54, 1.807) is 11.1 Å². The molecule has 1 heterocycles. The van der Waals surface area contributed by atoms with Gasteiger partial charge in [-0.2, -0.15) is 5.26 Å². The van der Waals surface area contributed by atoms with Crippen molar-refractivity contribution < 1.29 is 4.79 Å². The summed E-state index contributed by atoms with van der Waals surface area (Å²) in [6.07, 6.45) is 2.56. The summed E-state index contributed by atoms with van der Waals surface area (Å²) < 4.78 is 0. The van der Waals surface area contributed by atoms with E-state index in [2.05, 4.69) is 29.4 Å². The molecule has 0 aromatic heterocycles. The molecule has 0 aliphatic carbocycles. The monoisotopic (exact) mass is 293 g/mol. The Balaban J connectivity index is 2.34. The van der Waals surface area contributed by atoms with Crippen LogP contribution in [0.3, 0.4) is 0 Å². The predicted molar refractivity (Wildman–Crippen MR) is 83.6 cm³/mol. The highest BCUT2D eigenvalue weighted by molar-refractivity contribution is 5.97. The smallest absolute Gasteiger partial charge is 0.266 e. The minimum absolute atomic E-state index is 0.171. The van der Waals surface area contributed by atoms with E-state index in [1.165, 1.54) is 0 Å². The number of rotatable bonds is 8. The van der Waals surface area contributed by atoms with Crippen LogP contribution in [0.1, 0.15) is 20.3 Å². The van der Waals surface area contributed by atoms with Crippen molar-refractivity contribution in [1.82, 2.24) is 20.4 Å². The van der Waals surface area contributed by atoms with Gasteiger partial charge < -0.3 is 20.4 Å². The quantitative estimate of drug-likeness (QED) is 0.379. The van der Waals surface area contributed by atoms with Crippen LogP contribution in [0.2, 0.25) is 0 Å². The Kier molecular flexibility index (Phi) is 8.48. The van der Waals surface area contributed by atoms with Gasteiger partial charge in [-0.3, -0.25) is 4.79 Å². The standard InChI is InChI=1S/C15H27N5O/c1-3-19(4-2)9-5-6-18-13-14(12-16)15(21)20-10-7-17-8-11-20/h13,17-18H,3-11H2,1-2H3/b14-13-. The summed E-state index contributed by atoms with van der Waals surface area (Å²) in [5, 5.41) is 15.4. The van der Waals surface area contributed by atoms with E-state index in [0.29, 0.717) is 13.1 Å². The molecule has 2 N–H and O–H groups in total. The lowest BCUT2D eigenvalue weighted by Crippen LogP contribution is -2.46. The zero-order valence-corrected chi connectivity index (χ0v) is 13.2. The van der Waals surface area contributed by atoms with Crippen molar-refractivity contribution in [2.45, 2.75) is 20.3 Å². The molecule has 0 bridgehead atoms. The lowest BCUT2D eigenvalue weighted by molar-refractivity contribution is -0.127. The first kappa shape index (κ1) is 17.5. The summed E-state index contributed by atoms with van der Waals surface area (Å²) in [4.78, 5) is 16.2. The molecule has 0 spiro atoms. The molecule has 0 atom stereocenters. The van der Waals surface area contributed by atoms with Crippen LogP contribution in [-0.4, -0.2) is 68.1 Å². The lowest BCUT2D eigenvalue weighted by Gasteiger charge is -2.27. The number of piperazine rings is 1. The second-order valence-corrected chi connectivity index (χ2v) is 5.05. The third kappa shape index (κ3) is 6.15. The van der Waals surface area contributed by atoms with Crippen LogP contribution in [0.4, 0.5) is 0 Å². The maximum Gasteiger partial charge on any atom is 0.266 e. The summed E-state index contributed by atoms with van der Waals surface area (Å²) in [7, 11) is 0. The zero-order chi connectivity index (χ0) is 15.5. The summed E-state index contributed by atoms with van der Waals surface area (Å²) in [5.74, 6) is -0.171. The van der Waals surface area contributed by atoms with E-state index in [1.807, 2.05) is 6.07 Å². The number of carbonyl (C=O) groups is 1. The summed E-state index contributed by atoms with van der Waals surface area (Å²) in [6, 6.07) is 2.00. The molecular weight excluding hydrogens is 266 g/mol. The van der Waals surface area contributed by atoms with E-state index in [9.17, 15) is 4.79 Å². The topological polar surface area (TPSA) is 71.4 Å². The Morgan fingerprint density at radius 1 is 1.38 bits per heavy atom. The predicted octanol–water partition coefficient (Wildman–Crippen LogP) is 0.147. The number of amides is 1. The van der Waals surface area contributed by atoms with Crippen molar-refractivity contribution >= 4 is 5.91 Å². The van der Waals surface area contributed by atoms with Gasteiger partial charge in [0.2, 0.25) is 0 Å². The molecule has 1 aliphatic heterocycles. The Hall–Kier alpha value is -1.58. The Morgan fingerprint density at radius 3 is 2.62 bits per heavy atom. The molecule has 1 fully saturated rings. The van der Waals surface area contributed by atoms with Gasteiger partial charge in [0.05, 0.1) is 0 Å². The second-order valence-electron chi connectivity index (χ2n) is 5.05. The van der Waals surface area contributed by atoms with E-state index < -0.39 is 0 Å². The van der Waals surface area contributed by atoms with Crippen LogP contribution in [0.25, 0.3) is 0 Å². The van der Waals surface area contributed by atoms with E-state index in [4.69, 9.17) is 5.26 Å². The molecule has 0 aromatic rings. The average molecular weight is 293 g/mol. The van der Waals surface area contributed by atoms with Crippen LogP contribution in [-0.2, 0) is 4.79 Å². The Morgan fingerprint density at radius 2 is 2.05 bits per heavy atom. The number of carbonyl (C=O) groups excluding carboxylic acids is 1. The Bertz CT molecular complexity index is 378. The fourth-order valence-corrected chi connectivity index (χ4v) is 2.30. The van der Waals surface area contributed by atoms with E-state index >= 15 is 0 Å². The van der Waals surface area contributed by atoms with Crippen LogP contribution in [0, 0.1) is 11.3 Å². The first-order valence-corrected chi connectivity index (χ1v) is 7.78. The van der Waals surface area contributed by atoms with Crippen LogP contribution >= 0.6 is 0 Å². The summed E-state index contributed by atoms with van der Waals surface area (Å²) in [6.45, 7) is 11.1. The van der Waals surface area contributed by atoms with E-state index in [0.717, 1.165) is 45.7 Å². The van der Waals surface area contributed by atoms with Gasteiger partial charge in [0.25, 0.3) is 5.91 Å². The zero-order valence-electron chi connectivity index (χ0n) is 13.2. The fourth-order valence-electron chi connectivity index (χ4n) is 2.30. The molecule has 0 radical (unpaired) electrons. The molecule has 0 aromatic carbocycles. The highest BCUT2D eigenvalue weighted by Crippen LogP contribution is 2.02. The minimum Gasteiger partial charge on any atom is -0.390 e. The molecule has 6 nitrogen and oxygen atoms in total. The number of hydrogen-bond acceptors (Lipinski definition) is 5. The SMILES string of the molecule is CCN(CC)CCCN/C=C(/C#N)C(=O)N1CCNCC1. The van der Waals surface area contributed by atoms with Gasteiger partial charge >= 0.3 is 0 Å². The highest BCUT2D eigenvalue weighted by atomic mass is 16.2. The van der Waals surface area contributed by atoms with E-state index in [-0.39, 0.29) is 11.5 Å². The molecule has 1 amide bonds. The summed E-state index contributed by atoms with van der Waals surface area (Å²) >= 11 is 0. The highest BCUT2D eigenvalue weighted by Gasteiger charge is 2.19. The normalized spacial score (nSPS) is 15.9. The van der Waals surface area contributed by atoms with Crippen molar-refractivity contribution in [1.29, 1.82) is 5.26 Å². The molecule has 0 saturated carbocycles. The van der Waals surface area contributed by atoms with Crippen molar-refractivity contribution in [2.75, 3.05) is 52.4 Å². The molecule has 118 valence electrons. The first-order valence-electron chi connectivity index (χ1n) is 7.78. The second kappa shape index (κ2) is 10.2. The molecular formula is C15H27N5O. The first-order chi connectivity index (χ1) is 10.2. The summed E-state index contributed by atoms with van der Waals surface area (Å²) in [5.41, 5.74) is 0.194. The molecule has 21 heavy (non-hydrogen) atoms. The molecule has 1 saturated heterocycles. The lowest BCUT2D eigenvalue weighted by atomic mass is 10.2. The van der Waals surface area contributed by atoms with Crippen molar-refractivity contribution in [3.05, 3.63) is 11.8 Å². The molecule has 1 rings (SSSR count). The third-order valence-corrected chi connectivity index (χ3v) is 3.69. The van der Waals surface area contributed by atoms with Gasteiger partial charge in [-0.05, 0) is 26.1 Å². The van der Waals surface area contributed by atoms with Gasteiger partial charge in [0.1, 0.15) is 11.6 Å². The van der Waals surface area contributed by atoms with Gasteiger partial charge in [-0.15, -0.1) is 0 Å². The maximum absolute atomic E-state index is 12.2. The molecule has 0 unspecified atom stereocenters. The van der Waals surface area contributed by atoms with Crippen molar-refractivity contribution in [3.8, 4) is 6.07 Å². The average Bonchev–Trinajstić information content (AvgIpc) is 2.55.